The molecule has 2 heterocycles. The van der Waals surface area contributed by atoms with E-state index in [2.05, 4.69) is 25.9 Å². The number of anilines is 1. The van der Waals surface area contributed by atoms with Crippen LogP contribution >= 0.6 is 0 Å². The van der Waals surface area contributed by atoms with E-state index in [9.17, 15) is 19.2 Å². The summed E-state index contributed by atoms with van der Waals surface area (Å²) in [4.78, 5) is 50.1. The number of nitrogens with zero attached hydrogens (tertiary/aromatic N) is 2. The van der Waals surface area contributed by atoms with Crippen LogP contribution in [0.4, 0.5) is 5.69 Å². The molecule has 184 valence electrons. The van der Waals surface area contributed by atoms with Gasteiger partial charge in [0.1, 0.15) is 5.69 Å². The van der Waals surface area contributed by atoms with Crippen LogP contribution in [-0.4, -0.2) is 38.3 Å². The molecule has 10 heteroatoms. The molecule has 37 heavy (non-hydrogen) atoms. The number of H-pyrrole nitrogens is 2. The fourth-order valence-corrected chi connectivity index (χ4v) is 3.96. The van der Waals surface area contributed by atoms with Crippen LogP contribution < -0.4 is 21.8 Å². The molecule has 5 aromatic rings. The number of hydrogen-bond donors (Lipinski definition) is 4. The Morgan fingerprint density at radius 3 is 2.38 bits per heavy atom. The number of aromatic nitrogens is 4. The van der Waals surface area contributed by atoms with Crippen LogP contribution in [-0.2, 0) is 4.79 Å². The molecule has 4 N–H and O–H groups in total. The van der Waals surface area contributed by atoms with E-state index in [4.69, 9.17) is 0 Å². The highest BCUT2D eigenvalue weighted by molar-refractivity contribution is 6.05. The average molecular weight is 495 g/mol. The first-order valence-electron chi connectivity index (χ1n) is 11.4. The summed E-state index contributed by atoms with van der Waals surface area (Å²) >= 11 is 0. The molecule has 0 bridgehead atoms. The number of aromatic amines is 2. The third-order valence-corrected chi connectivity index (χ3v) is 5.81. The van der Waals surface area contributed by atoms with E-state index in [1.807, 2.05) is 61.5 Å². The lowest BCUT2D eigenvalue weighted by atomic mass is 10.1. The monoisotopic (exact) mass is 494 g/mol. The minimum absolute atomic E-state index is 0.0525. The van der Waals surface area contributed by atoms with Crippen molar-refractivity contribution in [3.63, 3.8) is 0 Å². The Morgan fingerprint density at radius 2 is 1.62 bits per heavy atom. The molecule has 0 atom stereocenters. The molecule has 0 saturated heterocycles. The molecule has 10 nitrogen and oxygen atoms in total. The first-order chi connectivity index (χ1) is 17.9. The molecule has 0 radical (unpaired) electrons. The number of hydrogen-bond acceptors (Lipinski definition) is 5. The van der Waals surface area contributed by atoms with Gasteiger partial charge >= 0.3 is 0 Å². The summed E-state index contributed by atoms with van der Waals surface area (Å²) in [6.07, 6.45) is 1.62. The number of aryl methyl sites for hydroxylation is 1. The number of benzene rings is 3. The van der Waals surface area contributed by atoms with Gasteiger partial charge < -0.3 is 10.6 Å². The van der Waals surface area contributed by atoms with Gasteiger partial charge in [0.15, 0.2) is 0 Å². The lowest BCUT2D eigenvalue weighted by Gasteiger charge is -2.09. The fraction of sp³-hybridized carbons (Fsp3) is 0.0741. The van der Waals surface area contributed by atoms with Gasteiger partial charge in [0, 0.05) is 11.8 Å². The van der Waals surface area contributed by atoms with Gasteiger partial charge in [0.25, 0.3) is 17.0 Å². The van der Waals surface area contributed by atoms with Crippen LogP contribution in [0.5, 0.6) is 0 Å². The molecule has 0 saturated carbocycles. The Labute approximate surface area is 210 Å². The Bertz CT molecular complexity index is 1730. The zero-order valence-corrected chi connectivity index (χ0v) is 19.7. The van der Waals surface area contributed by atoms with E-state index >= 15 is 0 Å². The van der Waals surface area contributed by atoms with Gasteiger partial charge in [-0.1, -0.05) is 54.1 Å². The van der Waals surface area contributed by atoms with E-state index < -0.39 is 22.9 Å². The molecule has 0 fully saturated rings. The molecule has 5 rings (SSSR count). The largest absolute Gasteiger partial charge is 0.343 e. The standard InChI is InChI=1S/C27H22N6O4/c1-16-10-12-18(13-11-16)33-15-20(24(32-33)17-6-3-2-4-7-17)25(35)28-14-22(34)29-21-9-5-8-19-23(21)27(37)31-30-26(19)36/h2-13,15H,14H2,1H3,(H,28,35)(H,29,34)(H,30,36)(H,31,37). The number of carbonyl (C=O) groups excluding carboxylic acids is 2. The van der Waals surface area contributed by atoms with Crippen molar-refractivity contribution < 1.29 is 9.59 Å². The first-order valence-corrected chi connectivity index (χ1v) is 11.4. The van der Waals surface area contributed by atoms with Crippen molar-refractivity contribution in [3.05, 3.63) is 111 Å². The Hall–Kier alpha value is -5.25. The summed E-state index contributed by atoms with van der Waals surface area (Å²) in [5.41, 5.74) is 2.54. The van der Waals surface area contributed by atoms with Crippen molar-refractivity contribution in [3.8, 4) is 16.9 Å². The normalized spacial score (nSPS) is 10.8. The lowest BCUT2D eigenvalue weighted by molar-refractivity contribution is -0.115. The van der Waals surface area contributed by atoms with Crippen molar-refractivity contribution in [2.45, 2.75) is 6.92 Å². The van der Waals surface area contributed by atoms with Crippen LogP contribution in [0.15, 0.2) is 88.6 Å². The van der Waals surface area contributed by atoms with Gasteiger partial charge in [0.05, 0.1) is 34.3 Å². The molecule has 2 amide bonds. The summed E-state index contributed by atoms with van der Waals surface area (Å²) in [7, 11) is 0. The minimum atomic E-state index is -0.562. The zero-order chi connectivity index (χ0) is 25.9. The molecule has 2 aromatic heterocycles. The number of fused-ring (bicyclic) bond motifs is 1. The third-order valence-electron chi connectivity index (χ3n) is 5.81. The van der Waals surface area contributed by atoms with Crippen molar-refractivity contribution in [1.29, 1.82) is 0 Å². The number of rotatable bonds is 6. The van der Waals surface area contributed by atoms with Gasteiger partial charge in [-0.2, -0.15) is 5.10 Å². The second-order valence-corrected chi connectivity index (χ2v) is 8.40. The molecule has 0 aliphatic heterocycles. The predicted molar refractivity (Wildman–Crippen MR) is 140 cm³/mol. The molecular formula is C27H22N6O4. The molecule has 0 unspecified atom stereocenters. The van der Waals surface area contributed by atoms with Gasteiger partial charge in [-0.05, 0) is 31.2 Å². The van der Waals surface area contributed by atoms with Crippen LogP contribution in [0.2, 0.25) is 0 Å². The van der Waals surface area contributed by atoms with E-state index in [0.717, 1.165) is 16.8 Å². The fourth-order valence-electron chi connectivity index (χ4n) is 3.96. The van der Waals surface area contributed by atoms with Crippen molar-refractivity contribution >= 4 is 28.3 Å². The van der Waals surface area contributed by atoms with Crippen LogP contribution in [0.1, 0.15) is 15.9 Å². The van der Waals surface area contributed by atoms with Crippen LogP contribution in [0.25, 0.3) is 27.7 Å². The molecule has 0 aliphatic carbocycles. The van der Waals surface area contributed by atoms with Gasteiger partial charge in [0.2, 0.25) is 5.91 Å². The molecule has 3 aromatic carbocycles. The van der Waals surface area contributed by atoms with E-state index in [1.54, 1.807) is 16.9 Å². The van der Waals surface area contributed by atoms with Crippen molar-refractivity contribution in [2.24, 2.45) is 0 Å². The quantitative estimate of drug-likeness (QED) is 0.287. The van der Waals surface area contributed by atoms with Crippen LogP contribution in [0.3, 0.4) is 0 Å². The number of nitrogens with one attached hydrogen (secondary N) is 4. The van der Waals surface area contributed by atoms with Crippen LogP contribution in [0, 0.1) is 6.92 Å². The van der Waals surface area contributed by atoms with Gasteiger partial charge in [-0.15, -0.1) is 0 Å². The second-order valence-electron chi connectivity index (χ2n) is 8.40. The summed E-state index contributed by atoms with van der Waals surface area (Å²) in [5, 5.41) is 14.5. The highest BCUT2D eigenvalue weighted by Gasteiger charge is 2.20. The van der Waals surface area contributed by atoms with E-state index in [0.29, 0.717) is 11.3 Å². The van der Waals surface area contributed by atoms with Crippen molar-refractivity contribution in [1.82, 2.24) is 25.3 Å². The highest BCUT2D eigenvalue weighted by atomic mass is 16.2. The maximum atomic E-state index is 13.2. The Morgan fingerprint density at radius 1 is 0.892 bits per heavy atom. The first kappa shape index (κ1) is 23.5. The van der Waals surface area contributed by atoms with E-state index in [-0.39, 0.29) is 23.0 Å². The lowest BCUT2D eigenvalue weighted by Crippen LogP contribution is -2.33. The minimum Gasteiger partial charge on any atom is -0.343 e. The number of carbonyl (C=O) groups is 2. The number of amides is 2. The molecule has 0 aliphatic rings. The van der Waals surface area contributed by atoms with Gasteiger partial charge in [-0.25, -0.2) is 4.68 Å². The molecular weight excluding hydrogens is 472 g/mol. The smallest absolute Gasteiger partial charge is 0.272 e. The van der Waals surface area contributed by atoms with Gasteiger partial charge in [-0.3, -0.25) is 29.4 Å². The van der Waals surface area contributed by atoms with Crippen molar-refractivity contribution in [2.75, 3.05) is 11.9 Å². The van der Waals surface area contributed by atoms with E-state index in [1.165, 1.54) is 12.1 Å². The summed E-state index contributed by atoms with van der Waals surface area (Å²) in [5.74, 6) is -1.05. The summed E-state index contributed by atoms with van der Waals surface area (Å²) in [6, 6.07) is 21.5. The SMILES string of the molecule is Cc1ccc(-n2cc(C(=O)NCC(=O)Nc3cccc4c(=O)[nH][nH]c(=O)c34)c(-c3ccccc3)n2)cc1. The summed E-state index contributed by atoms with van der Waals surface area (Å²) in [6.45, 7) is 1.62. The topological polar surface area (TPSA) is 142 Å². The Balaban J connectivity index is 1.38. The zero-order valence-electron chi connectivity index (χ0n) is 19.7. The third kappa shape index (κ3) is 4.80. The maximum absolute atomic E-state index is 13.2. The average Bonchev–Trinajstić information content (AvgIpc) is 3.36. The molecule has 0 spiro atoms. The predicted octanol–water partition coefficient (Wildman–Crippen LogP) is 2.75. The highest BCUT2D eigenvalue weighted by Crippen LogP contribution is 2.24. The second kappa shape index (κ2) is 9.78. The summed E-state index contributed by atoms with van der Waals surface area (Å²) < 4.78 is 1.62. The Kier molecular flexibility index (Phi) is 6.21. The maximum Gasteiger partial charge on any atom is 0.272 e.